The Morgan fingerprint density at radius 2 is 1.91 bits per heavy atom. The van der Waals surface area contributed by atoms with Gasteiger partial charge in [-0.1, -0.05) is 19.1 Å². The molecule has 9 heteroatoms. The minimum absolute atomic E-state index is 0.0850. The fraction of sp³-hybridized carbons (Fsp3) is 0.348. The number of amides is 2. The molecule has 0 spiro atoms. The number of carbonyl (C=O) groups is 1. The van der Waals surface area contributed by atoms with E-state index in [1.807, 2.05) is 36.1 Å². The summed E-state index contributed by atoms with van der Waals surface area (Å²) in [5, 5.41) is 5.22. The molecule has 4 rings (SSSR count). The largest absolute Gasteiger partial charge is 0.352 e. The van der Waals surface area contributed by atoms with E-state index in [-0.39, 0.29) is 17.3 Å². The summed E-state index contributed by atoms with van der Waals surface area (Å²) in [4.78, 5) is 31.9. The zero-order chi connectivity index (χ0) is 22.7. The highest BCUT2D eigenvalue weighted by molar-refractivity contribution is 5.89. The Kier molecular flexibility index (Phi) is 6.34. The average Bonchev–Trinajstić information content (AvgIpc) is 2.78. The number of hydrogen-bond donors (Lipinski definition) is 2. The Labute approximate surface area is 184 Å². The van der Waals surface area contributed by atoms with E-state index < -0.39 is 17.7 Å². The number of aromatic nitrogens is 2. The van der Waals surface area contributed by atoms with E-state index >= 15 is 0 Å². The number of rotatable bonds is 5. The fourth-order valence-electron chi connectivity index (χ4n) is 4.00. The standard InChI is InChI=1S/C23H25F2N5O2/c1-2-11-30-20-6-4-3-5-19(20)27-21(22(30)31)29-12-9-16(10-13-29)26-23(32)28-18-8-7-15(24)14-17(18)25/h3-8,14,16H,2,9-13H2,1H3,(H2,26,28,32). The van der Waals surface area contributed by atoms with E-state index in [4.69, 9.17) is 0 Å². The van der Waals surface area contributed by atoms with Crippen molar-refractivity contribution in [3.05, 3.63) is 64.5 Å². The molecule has 7 nitrogen and oxygen atoms in total. The molecule has 0 radical (unpaired) electrons. The summed E-state index contributed by atoms with van der Waals surface area (Å²) in [5.74, 6) is -1.12. The predicted molar refractivity (Wildman–Crippen MR) is 120 cm³/mol. The Hall–Kier alpha value is -3.49. The Morgan fingerprint density at radius 3 is 2.62 bits per heavy atom. The quantitative estimate of drug-likeness (QED) is 0.630. The summed E-state index contributed by atoms with van der Waals surface area (Å²) in [6.45, 7) is 3.76. The second-order valence-corrected chi connectivity index (χ2v) is 7.86. The van der Waals surface area contributed by atoms with Crippen LogP contribution in [0.3, 0.4) is 0 Å². The van der Waals surface area contributed by atoms with Crippen LogP contribution in [-0.2, 0) is 6.54 Å². The van der Waals surface area contributed by atoms with Gasteiger partial charge in [-0.2, -0.15) is 0 Å². The van der Waals surface area contributed by atoms with Crippen LogP contribution in [-0.4, -0.2) is 34.7 Å². The SMILES string of the molecule is CCCn1c(=O)c(N2CCC(NC(=O)Nc3ccc(F)cc3F)CC2)nc2ccccc21. The van der Waals surface area contributed by atoms with E-state index in [2.05, 4.69) is 15.6 Å². The van der Waals surface area contributed by atoms with E-state index in [9.17, 15) is 18.4 Å². The number of nitrogens with one attached hydrogen (secondary N) is 2. The molecule has 0 saturated carbocycles. The number of anilines is 2. The molecule has 0 aliphatic carbocycles. The molecule has 0 unspecified atom stereocenters. The number of fused-ring (bicyclic) bond motifs is 1. The Bertz CT molecular complexity index is 1190. The van der Waals surface area contributed by atoms with Crippen molar-refractivity contribution in [3.8, 4) is 0 Å². The van der Waals surface area contributed by atoms with Gasteiger partial charge in [-0.05, 0) is 43.5 Å². The van der Waals surface area contributed by atoms with Crippen LogP contribution in [0.4, 0.5) is 25.1 Å². The van der Waals surface area contributed by atoms with E-state index in [0.717, 1.165) is 29.6 Å². The molecule has 1 fully saturated rings. The number of piperidine rings is 1. The van der Waals surface area contributed by atoms with Crippen molar-refractivity contribution in [2.24, 2.45) is 0 Å². The maximum absolute atomic E-state index is 13.7. The van der Waals surface area contributed by atoms with Crippen LogP contribution in [0.1, 0.15) is 26.2 Å². The number of benzene rings is 2. The van der Waals surface area contributed by atoms with Crippen LogP contribution in [0.25, 0.3) is 11.0 Å². The highest BCUT2D eigenvalue weighted by atomic mass is 19.1. The molecule has 1 aromatic heterocycles. The van der Waals surface area contributed by atoms with Crippen LogP contribution in [0.5, 0.6) is 0 Å². The molecule has 0 atom stereocenters. The third-order valence-corrected chi connectivity index (χ3v) is 5.59. The zero-order valence-electron chi connectivity index (χ0n) is 17.8. The first-order valence-corrected chi connectivity index (χ1v) is 10.7. The van der Waals surface area contributed by atoms with Crippen molar-refractivity contribution in [3.63, 3.8) is 0 Å². The van der Waals surface area contributed by atoms with E-state index in [1.165, 1.54) is 6.07 Å². The predicted octanol–water partition coefficient (Wildman–Crippen LogP) is 3.88. The summed E-state index contributed by atoms with van der Waals surface area (Å²) in [7, 11) is 0. The maximum Gasteiger partial charge on any atom is 0.319 e. The fourth-order valence-corrected chi connectivity index (χ4v) is 4.00. The normalized spacial score (nSPS) is 14.5. The highest BCUT2D eigenvalue weighted by Crippen LogP contribution is 2.20. The number of hydrogen-bond acceptors (Lipinski definition) is 4. The summed E-state index contributed by atoms with van der Waals surface area (Å²) >= 11 is 0. The van der Waals surface area contributed by atoms with Gasteiger partial charge in [-0.3, -0.25) is 4.79 Å². The van der Waals surface area contributed by atoms with Crippen molar-refractivity contribution >= 4 is 28.6 Å². The van der Waals surface area contributed by atoms with E-state index in [0.29, 0.717) is 38.3 Å². The van der Waals surface area contributed by atoms with Gasteiger partial charge in [-0.15, -0.1) is 0 Å². The molecule has 2 heterocycles. The molecular weight excluding hydrogens is 416 g/mol. The third kappa shape index (κ3) is 4.56. The minimum atomic E-state index is -0.833. The number of aryl methyl sites for hydroxylation is 1. The first kappa shape index (κ1) is 21.7. The number of carbonyl (C=O) groups excluding carboxylic acids is 1. The third-order valence-electron chi connectivity index (χ3n) is 5.59. The zero-order valence-corrected chi connectivity index (χ0v) is 17.8. The molecule has 32 heavy (non-hydrogen) atoms. The molecule has 2 amide bonds. The Balaban J connectivity index is 1.42. The lowest BCUT2D eigenvalue weighted by Crippen LogP contribution is -2.47. The van der Waals surface area contributed by atoms with Gasteiger partial charge in [0, 0.05) is 31.7 Å². The average molecular weight is 441 g/mol. The van der Waals surface area contributed by atoms with Gasteiger partial charge in [0.2, 0.25) is 0 Å². The number of halogens is 2. The van der Waals surface area contributed by atoms with Crippen LogP contribution < -0.4 is 21.1 Å². The van der Waals surface area contributed by atoms with Gasteiger partial charge in [0.1, 0.15) is 11.6 Å². The Morgan fingerprint density at radius 1 is 1.16 bits per heavy atom. The van der Waals surface area contributed by atoms with Crippen LogP contribution in [0.15, 0.2) is 47.3 Å². The van der Waals surface area contributed by atoms with Crippen molar-refractivity contribution in [1.82, 2.24) is 14.9 Å². The molecule has 0 bridgehead atoms. The molecule has 3 aromatic rings. The highest BCUT2D eigenvalue weighted by Gasteiger charge is 2.24. The molecule has 2 N–H and O–H groups in total. The first-order valence-electron chi connectivity index (χ1n) is 10.7. The topological polar surface area (TPSA) is 79.3 Å². The van der Waals surface area contributed by atoms with E-state index in [1.54, 1.807) is 4.57 Å². The lowest BCUT2D eigenvalue weighted by Gasteiger charge is -2.33. The van der Waals surface area contributed by atoms with Crippen molar-refractivity contribution in [1.29, 1.82) is 0 Å². The van der Waals surface area contributed by atoms with Crippen molar-refractivity contribution in [2.75, 3.05) is 23.3 Å². The molecule has 2 aromatic carbocycles. The van der Waals surface area contributed by atoms with Gasteiger partial charge in [0.25, 0.3) is 5.56 Å². The summed E-state index contributed by atoms with van der Waals surface area (Å²) in [6, 6.07) is 9.90. The minimum Gasteiger partial charge on any atom is -0.352 e. The lowest BCUT2D eigenvalue weighted by atomic mass is 10.1. The maximum atomic E-state index is 13.7. The second kappa shape index (κ2) is 9.33. The first-order chi connectivity index (χ1) is 15.5. The molecule has 1 saturated heterocycles. The molecule has 1 aliphatic heterocycles. The number of para-hydroxylation sites is 2. The number of nitrogens with zero attached hydrogens (tertiary/aromatic N) is 3. The van der Waals surface area contributed by atoms with Gasteiger partial charge < -0.3 is 20.1 Å². The monoisotopic (exact) mass is 441 g/mol. The van der Waals surface area contributed by atoms with Gasteiger partial charge >= 0.3 is 6.03 Å². The van der Waals surface area contributed by atoms with Gasteiger partial charge in [-0.25, -0.2) is 18.6 Å². The van der Waals surface area contributed by atoms with Crippen LogP contribution in [0, 0.1) is 11.6 Å². The smallest absolute Gasteiger partial charge is 0.319 e. The molecule has 168 valence electrons. The van der Waals surface area contributed by atoms with Crippen molar-refractivity contribution in [2.45, 2.75) is 38.8 Å². The summed E-state index contributed by atoms with van der Waals surface area (Å²) in [5.41, 5.74) is 1.40. The lowest BCUT2D eigenvalue weighted by molar-refractivity contribution is 0.246. The second-order valence-electron chi connectivity index (χ2n) is 7.86. The molecule has 1 aliphatic rings. The summed E-state index contributed by atoms with van der Waals surface area (Å²) in [6.07, 6.45) is 2.06. The van der Waals surface area contributed by atoms with Gasteiger partial charge in [0.05, 0.1) is 16.7 Å². The number of urea groups is 1. The van der Waals surface area contributed by atoms with Crippen LogP contribution >= 0.6 is 0 Å². The van der Waals surface area contributed by atoms with Gasteiger partial charge in [0.15, 0.2) is 5.82 Å². The molecular formula is C23H25F2N5O2. The summed E-state index contributed by atoms with van der Waals surface area (Å²) < 4.78 is 28.5. The van der Waals surface area contributed by atoms with Crippen LogP contribution in [0.2, 0.25) is 0 Å². The van der Waals surface area contributed by atoms with Crippen molar-refractivity contribution < 1.29 is 13.6 Å².